The van der Waals surface area contributed by atoms with Gasteiger partial charge in [0, 0.05) is 24.4 Å². The number of nitrogens with zero attached hydrogens (tertiary/aromatic N) is 4. The van der Waals surface area contributed by atoms with Gasteiger partial charge >= 0.3 is 5.97 Å². The highest BCUT2D eigenvalue weighted by molar-refractivity contribution is 7.19. The van der Waals surface area contributed by atoms with E-state index in [1.165, 1.54) is 5.56 Å². The van der Waals surface area contributed by atoms with Crippen LogP contribution in [0.2, 0.25) is 0 Å². The minimum Gasteiger partial charge on any atom is -0.481 e. The normalized spacial score (nSPS) is 16.1. The average molecular weight is 408 g/mol. The van der Waals surface area contributed by atoms with Crippen LogP contribution in [0.1, 0.15) is 16.9 Å². The number of hydrogen-bond donors (Lipinski definition) is 3. The van der Waals surface area contributed by atoms with Crippen LogP contribution in [0.15, 0.2) is 24.7 Å². The molecule has 148 valence electrons. The summed E-state index contributed by atoms with van der Waals surface area (Å²) in [6.07, 6.45) is 5.30. The Morgan fingerprint density at radius 3 is 3.00 bits per heavy atom. The van der Waals surface area contributed by atoms with Gasteiger partial charge in [0.2, 0.25) is 0 Å². The number of carboxylic acids is 1. The smallest absolute Gasteiger partial charge is 0.306 e. The maximum absolute atomic E-state index is 11.4. The molecule has 0 saturated carbocycles. The number of aliphatic carboxylic acids is 1. The lowest BCUT2D eigenvalue weighted by Crippen LogP contribution is -2.21. The van der Waals surface area contributed by atoms with Crippen LogP contribution >= 0.6 is 11.3 Å². The van der Waals surface area contributed by atoms with Crippen LogP contribution in [-0.2, 0) is 17.6 Å². The molecule has 29 heavy (non-hydrogen) atoms. The van der Waals surface area contributed by atoms with E-state index in [0.29, 0.717) is 12.8 Å². The highest BCUT2D eigenvalue weighted by Crippen LogP contribution is 2.41. The number of anilines is 3. The second-order valence-corrected chi connectivity index (χ2v) is 8.61. The van der Waals surface area contributed by atoms with Crippen LogP contribution in [0.4, 0.5) is 17.2 Å². The van der Waals surface area contributed by atoms with Gasteiger partial charge in [-0.2, -0.15) is 5.10 Å². The van der Waals surface area contributed by atoms with Gasteiger partial charge in [0.15, 0.2) is 0 Å². The maximum atomic E-state index is 11.4. The van der Waals surface area contributed by atoms with Gasteiger partial charge in [-0.3, -0.25) is 9.89 Å². The van der Waals surface area contributed by atoms with Crippen molar-refractivity contribution in [3.8, 4) is 0 Å². The zero-order valence-electron chi connectivity index (χ0n) is 16.1. The second-order valence-electron chi connectivity index (χ2n) is 7.53. The molecule has 3 N–H and O–H groups in total. The van der Waals surface area contributed by atoms with E-state index in [-0.39, 0.29) is 5.92 Å². The molecule has 1 atom stereocenters. The summed E-state index contributed by atoms with van der Waals surface area (Å²) in [5.41, 5.74) is 4.10. The SMILES string of the molecule is CN(C)c1cc2[nH]ncc2cc1Nc1ncnc2sc3c(c12)CC[C@H](C(=O)O)C3. The lowest BCUT2D eigenvalue weighted by molar-refractivity contribution is -0.142. The number of thiophene rings is 1. The molecule has 3 aromatic heterocycles. The van der Waals surface area contributed by atoms with Crippen molar-refractivity contribution in [1.29, 1.82) is 0 Å². The summed E-state index contributed by atoms with van der Waals surface area (Å²) in [6.45, 7) is 0. The molecule has 0 fully saturated rings. The molecule has 0 bridgehead atoms. The van der Waals surface area contributed by atoms with Crippen molar-refractivity contribution in [2.75, 3.05) is 24.3 Å². The Bertz CT molecular complexity index is 1240. The van der Waals surface area contributed by atoms with Crippen LogP contribution in [0, 0.1) is 5.92 Å². The molecular weight excluding hydrogens is 388 g/mol. The van der Waals surface area contributed by atoms with Gasteiger partial charge in [-0.1, -0.05) is 0 Å². The second kappa shape index (κ2) is 6.70. The molecule has 0 unspecified atom stereocenters. The van der Waals surface area contributed by atoms with Crippen molar-refractivity contribution in [3.05, 3.63) is 35.1 Å². The monoisotopic (exact) mass is 408 g/mol. The van der Waals surface area contributed by atoms with Crippen molar-refractivity contribution in [2.24, 2.45) is 5.92 Å². The third-order valence-electron chi connectivity index (χ3n) is 5.49. The summed E-state index contributed by atoms with van der Waals surface area (Å²) in [6, 6.07) is 4.12. The van der Waals surface area contributed by atoms with Crippen molar-refractivity contribution < 1.29 is 9.90 Å². The van der Waals surface area contributed by atoms with E-state index >= 15 is 0 Å². The van der Waals surface area contributed by atoms with Gasteiger partial charge < -0.3 is 15.3 Å². The Hall–Kier alpha value is -3.20. The average Bonchev–Trinajstić information content (AvgIpc) is 3.30. The zero-order valence-corrected chi connectivity index (χ0v) is 16.9. The largest absolute Gasteiger partial charge is 0.481 e. The molecule has 0 aliphatic heterocycles. The van der Waals surface area contributed by atoms with Crippen LogP contribution in [0.5, 0.6) is 0 Å². The number of H-pyrrole nitrogens is 1. The van der Waals surface area contributed by atoms with Gasteiger partial charge in [-0.25, -0.2) is 9.97 Å². The van der Waals surface area contributed by atoms with Gasteiger partial charge in [0.05, 0.1) is 34.4 Å². The van der Waals surface area contributed by atoms with Gasteiger partial charge in [0.1, 0.15) is 17.0 Å². The summed E-state index contributed by atoms with van der Waals surface area (Å²) < 4.78 is 0. The molecule has 0 radical (unpaired) electrons. The van der Waals surface area contributed by atoms with E-state index in [2.05, 4.69) is 37.6 Å². The quantitative estimate of drug-likeness (QED) is 0.474. The summed E-state index contributed by atoms with van der Waals surface area (Å²) in [4.78, 5) is 24.5. The molecule has 4 aromatic rings. The zero-order chi connectivity index (χ0) is 20.1. The van der Waals surface area contributed by atoms with Gasteiger partial charge in [0.25, 0.3) is 0 Å². The van der Waals surface area contributed by atoms with E-state index in [1.807, 2.05) is 19.0 Å². The Labute approximate surface area is 170 Å². The first-order valence-electron chi connectivity index (χ1n) is 9.41. The molecular formula is C20H20N6O2S. The molecule has 0 spiro atoms. The molecule has 1 aromatic carbocycles. The fraction of sp³-hybridized carbons (Fsp3) is 0.300. The van der Waals surface area contributed by atoms with E-state index in [4.69, 9.17) is 0 Å². The molecule has 8 nitrogen and oxygen atoms in total. The van der Waals surface area contributed by atoms with Crippen molar-refractivity contribution in [3.63, 3.8) is 0 Å². The summed E-state index contributed by atoms with van der Waals surface area (Å²) >= 11 is 1.58. The van der Waals surface area contributed by atoms with E-state index in [9.17, 15) is 9.90 Å². The van der Waals surface area contributed by atoms with Gasteiger partial charge in [-0.15, -0.1) is 11.3 Å². The first-order valence-corrected chi connectivity index (χ1v) is 10.2. The fourth-order valence-corrected chi connectivity index (χ4v) is 5.26. The Balaban J connectivity index is 1.61. The number of aromatic nitrogens is 4. The predicted molar refractivity (Wildman–Crippen MR) is 114 cm³/mol. The Morgan fingerprint density at radius 1 is 1.34 bits per heavy atom. The Morgan fingerprint density at radius 2 is 2.21 bits per heavy atom. The fourth-order valence-electron chi connectivity index (χ4n) is 3.99. The van der Waals surface area contributed by atoms with Crippen LogP contribution < -0.4 is 10.2 Å². The Kier molecular flexibility index (Phi) is 4.13. The maximum Gasteiger partial charge on any atom is 0.306 e. The number of rotatable bonds is 4. The first kappa shape index (κ1) is 17.9. The minimum atomic E-state index is -0.721. The molecule has 9 heteroatoms. The standard InChI is InChI=1S/C20H20N6O2S/c1-26(2)15-7-13-11(8-23-25-13)5-14(15)24-18-17-12-4-3-10(20(27)28)6-16(12)29-19(17)22-9-21-18/h5,7-10H,3-4,6H2,1-2H3,(H,23,25)(H,27,28)(H,21,22,24)/t10-/m0/s1. The lowest BCUT2D eigenvalue weighted by atomic mass is 9.88. The predicted octanol–water partition coefficient (Wildman–Crippen LogP) is 3.57. The highest BCUT2D eigenvalue weighted by atomic mass is 32.1. The molecule has 0 saturated heterocycles. The van der Waals surface area contributed by atoms with Crippen molar-refractivity contribution in [2.45, 2.75) is 19.3 Å². The number of carboxylic acid groups (broad SMARTS) is 1. The molecule has 0 amide bonds. The number of hydrogen-bond acceptors (Lipinski definition) is 7. The highest BCUT2D eigenvalue weighted by Gasteiger charge is 2.29. The van der Waals surface area contributed by atoms with Crippen LogP contribution in [0.3, 0.4) is 0 Å². The lowest BCUT2D eigenvalue weighted by Gasteiger charge is -2.20. The number of nitrogens with one attached hydrogen (secondary N) is 2. The molecule has 1 aliphatic carbocycles. The topological polar surface area (TPSA) is 107 Å². The van der Waals surface area contributed by atoms with E-state index in [1.54, 1.807) is 23.9 Å². The van der Waals surface area contributed by atoms with Crippen molar-refractivity contribution in [1.82, 2.24) is 20.2 Å². The number of benzene rings is 1. The van der Waals surface area contributed by atoms with Crippen LogP contribution in [-0.4, -0.2) is 45.3 Å². The van der Waals surface area contributed by atoms with Crippen molar-refractivity contribution >= 4 is 55.6 Å². The first-order chi connectivity index (χ1) is 14.0. The summed E-state index contributed by atoms with van der Waals surface area (Å²) in [7, 11) is 3.99. The summed E-state index contributed by atoms with van der Waals surface area (Å²) in [5, 5.41) is 22.1. The minimum absolute atomic E-state index is 0.316. The molecule has 5 rings (SSSR count). The van der Waals surface area contributed by atoms with E-state index in [0.717, 1.165) is 49.6 Å². The molecule has 3 heterocycles. The van der Waals surface area contributed by atoms with Crippen LogP contribution in [0.25, 0.3) is 21.1 Å². The summed E-state index contributed by atoms with van der Waals surface area (Å²) in [5.74, 6) is -0.280. The third kappa shape index (κ3) is 2.98. The number of aromatic amines is 1. The number of carbonyl (C=O) groups is 1. The van der Waals surface area contributed by atoms with E-state index < -0.39 is 5.97 Å². The van der Waals surface area contributed by atoms with Gasteiger partial charge in [-0.05, 0) is 37.0 Å². The number of aryl methyl sites for hydroxylation is 1. The molecule has 1 aliphatic rings. The third-order valence-corrected chi connectivity index (χ3v) is 6.65. The number of fused-ring (bicyclic) bond motifs is 4.